The monoisotopic (exact) mass is 313 g/mol. The number of rotatable bonds is 4. The van der Waals surface area contributed by atoms with E-state index in [4.69, 9.17) is 34.8 Å². The number of methoxy groups -OCH3 is 1. The normalized spacial score (nSPS) is 14.4. The number of alkyl halides is 3. The molecule has 0 heterocycles. The van der Waals surface area contributed by atoms with E-state index < -0.39 is 23.3 Å². The summed E-state index contributed by atoms with van der Waals surface area (Å²) >= 11 is 16.7. The van der Waals surface area contributed by atoms with Crippen LogP contribution in [0, 0.1) is 0 Å². The third-order valence-electron chi connectivity index (χ3n) is 1.58. The quantitative estimate of drug-likeness (QED) is 0.637. The van der Waals surface area contributed by atoms with Gasteiger partial charge in [0.05, 0.1) is 7.11 Å². The summed E-state index contributed by atoms with van der Waals surface area (Å²) in [6, 6.07) is 0. The summed E-state index contributed by atoms with van der Waals surface area (Å²) in [5.74, 6) is -1.48. The van der Waals surface area contributed by atoms with E-state index in [1.165, 1.54) is 0 Å². The Bertz CT molecular complexity index is 286. The van der Waals surface area contributed by atoms with Crippen molar-refractivity contribution in [3.05, 3.63) is 0 Å². The van der Waals surface area contributed by atoms with Crippen LogP contribution in [0.25, 0.3) is 0 Å². The molecule has 0 aliphatic heterocycles. The zero-order valence-corrected chi connectivity index (χ0v) is 11.9. The van der Waals surface area contributed by atoms with Crippen molar-refractivity contribution in [3.8, 4) is 0 Å². The maximum absolute atomic E-state index is 12.0. The number of hydrogen-bond acceptors (Lipinski definition) is 5. The molecule has 1 atom stereocenters. The van der Waals surface area contributed by atoms with Crippen molar-refractivity contribution in [1.82, 2.24) is 5.32 Å². The van der Waals surface area contributed by atoms with Crippen LogP contribution in [0.5, 0.6) is 0 Å². The molecule has 0 aromatic carbocycles. The highest BCUT2D eigenvalue weighted by Gasteiger charge is 2.49. The largest absolute Gasteiger partial charge is 0.453 e. The second-order valence-corrected chi connectivity index (χ2v) is 7.18. The molecule has 10 heteroatoms. The van der Waals surface area contributed by atoms with Crippen LogP contribution in [0.1, 0.15) is 0 Å². The molecule has 96 valence electrons. The van der Waals surface area contributed by atoms with Gasteiger partial charge < -0.3 is 19.1 Å². The topological polar surface area (TPSA) is 73.9 Å². The molecule has 0 bridgehead atoms. The SMILES string of the molecule is COC(=O)N[C@H](C(Cl)(Cl)Cl)P(=O)(OC)OC. The Balaban J connectivity index is 5.10. The fraction of sp³-hybridized carbons (Fsp3) is 0.833. The number of carbonyl (C=O) groups excluding carboxylic acids is 1. The van der Waals surface area contributed by atoms with Crippen molar-refractivity contribution in [3.63, 3.8) is 0 Å². The van der Waals surface area contributed by atoms with E-state index in [0.717, 1.165) is 21.3 Å². The molecule has 0 fully saturated rings. The average Bonchev–Trinajstić information content (AvgIpc) is 2.22. The Morgan fingerprint density at radius 2 is 1.69 bits per heavy atom. The van der Waals surface area contributed by atoms with Crippen LogP contribution < -0.4 is 5.32 Å². The second-order valence-electron chi connectivity index (χ2n) is 2.49. The van der Waals surface area contributed by atoms with Crippen LogP contribution in [0.2, 0.25) is 0 Å². The fourth-order valence-corrected chi connectivity index (χ4v) is 3.23. The Morgan fingerprint density at radius 3 is 1.94 bits per heavy atom. The molecule has 0 aliphatic rings. The first-order chi connectivity index (χ1) is 7.21. The zero-order chi connectivity index (χ0) is 13.0. The summed E-state index contributed by atoms with van der Waals surface area (Å²) in [7, 11) is -0.474. The van der Waals surface area contributed by atoms with Crippen LogP contribution in [0.3, 0.4) is 0 Å². The summed E-state index contributed by atoms with van der Waals surface area (Å²) in [6.45, 7) is 0. The first kappa shape index (κ1) is 16.3. The van der Waals surface area contributed by atoms with Gasteiger partial charge in [-0.2, -0.15) is 0 Å². The van der Waals surface area contributed by atoms with Gasteiger partial charge in [0.1, 0.15) is 0 Å². The third-order valence-corrected chi connectivity index (χ3v) is 4.85. The predicted molar refractivity (Wildman–Crippen MR) is 61.2 cm³/mol. The van der Waals surface area contributed by atoms with Gasteiger partial charge in [0.15, 0.2) is 5.78 Å². The lowest BCUT2D eigenvalue weighted by atomic mass is 10.7. The van der Waals surface area contributed by atoms with E-state index in [9.17, 15) is 9.36 Å². The van der Waals surface area contributed by atoms with Crippen molar-refractivity contribution in [1.29, 1.82) is 0 Å². The van der Waals surface area contributed by atoms with E-state index in [1.807, 2.05) is 0 Å². The van der Waals surface area contributed by atoms with Crippen molar-refractivity contribution in [2.45, 2.75) is 9.58 Å². The molecular weight excluding hydrogens is 303 g/mol. The highest BCUT2D eigenvalue weighted by Crippen LogP contribution is 2.57. The minimum atomic E-state index is -3.79. The Labute approximate surface area is 108 Å². The lowest BCUT2D eigenvalue weighted by Gasteiger charge is -2.29. The number of carbonyl (C=O) groups is 1. The van der Waals surface area contributed by atoms with Gasteiger partial charge in [0, 0.05) is 14.2 Å². The fourth-order valence-electron chi connectivity index (χ4n) is 0.796. The smallest absolute Gasteiger partial charge is 0.407 e. The molecule has 1 N–H and O–H groups in total. The van der Waals surface area contributed by atoms with Gasteiger partial charge in [-0.25, -0.2) is 4.79 Å². The number of amides is 1. The summed E-state index contributed by atoms with van der Waals surface area (Å²) in [4.78, 5) is 11.0. The van der Waals surface area contributed by atoms with Crippen molar-refractivity contribution in [2.24, 2.45) is 0 Å². The molecule has 0 spiro atoms. The molecule has 16 heavy (non-hydrogen) atoms. The first-order valence-corrected chi connectivity index (χ1v) is 6.58. The van der Waals surface area contributed by atoms with Crippen molar-refractivity contribution in [2.75, 3.05) is 21.3 Å². The molecule has 0 radical (unpaired) electrons. The molecule has 0 unspecified atom stereocenters. The standard InChI is InChI=1S/C6H11Cl3NO5P/c1-13-5(11)10-4(6(7,8)9)16(12,14-2)15-3/h4H,1-3H3,(H,10,11)/t4-/m0/s1. The highest BCUT2D eigenvalue weighted by molar-refractivity contribution is 7.55. The molecule has 0 saturated heterocycles. The number of nitrogens with one attached hydrogen (secondary N) is 1. The zero-order valence-electron chi connectivity index (χ0n) is 8.70. The molecule has 0 rings (SSSR count). The van der Waals surface area contributed by atoms with Crippen LogP contribution in [-0.4, -0.2) is 37.0 Å². The minimum Gasteiger partial charge on any atom is -0.453 e. The van der Waals surface area contributed by atoms with Gasteiger partial charge in [0.2, 0.25) is 3.79 Å². The van der Waals surface area contributed by atoms with Gasteiger partial charge in [-0.1, -0.05) is 34.8 Å². The highest BCUT2D eigenvalue weighted by atomic mass is 35.6. The third kappa shape index (κ3) is 4.28. The van der Waals surface area contributed by atoms with Gasteiger partial charge in [0.25, 0.3) is 0 Å². The molecule has 0 aromatic heterocycles. The van der Waals surface area contributed by atoms with Crippen LogP contribution in [0.15, 0.2) is 0 Å². The van der Waals surface area contributed by atoms with Crippen LogP contribution >= 0.6 is 42.4 Å². The Hall–Kier alpha value is 0.290. The van der Waals surface area contributed by atoms with Crippen molar-refractivity contribution < 1.29 is 23.1 Å². The molecule has 0 saturated carbocycles. The summed E-state index contributed by atoms with van der Waals surface area (Å²) in [5, 5.41) is 2.08. The summed E-state index contributed by atoms with van der Waals surface area (Å²) < 4.78 is 23.5. The van der Waals surface area contributed by atoms with E-state index in [0.29, 0.717) is 0 Å². The van der Waals surface area contributed by atoms with Gasteiger partial charge >= 0.3 is 13.7 Å². The first-order valence-electron chi connectivity index (χ1n) is 3.83. The second kappa shape index (κ2) is 6.28. The lowest BCUT2D eigenvalue weighted by Crippen LogP contribution is -2.44. The van der Waals surface area contributed by atoms with E-state index in [-0.39, 0.29) is 0 Å². The van der Waals surface area contributed by atoms with E-state index in [1.54, 1.807) is 0 Å². The minimum absolute atomic E-state index is 0.925. The Morgan fingerprint density at radius 1 is 1.25 bits per heavy atom. The van der Waals surface area contributed by atoms with Crippen molar-refractivity contribution >= 4 is 48.5 Å². The molecule has 0 aromatic rings. The van der Waals surface area contributed by atoms with Crippen LogP contribution in [-0.2, 0) is 18.3 Å². The number of alkyl carbamates (subject to hydrolysis) is 1. The van der Waals surface area contributed by atoms with Gasteiger partial charge in [-0.05, 0) is 0 Å². The van der Waals surface area contributed by atoms with E-state index >= 15 is 0 Å². The predicted octanol–water partition coefficient (Wildman–Crippen LogP) is 2.52. The summed E-state index contributed by atoms with van der Waals surface area (Å²) in [6.07, 6.45) is -0.925. The molecule has 6 nitrogen and oxygen atoms in total. The van der Waals surface area contributed by atoms with Crippen LogP contribution in [0.4, 0.5) is 4.79 Å². The average molecular weight is 314 g/mol. The maximum Gasteiger partial charge on any atom is 0.407 e. The number of halogens is 3. The molecule has 0 aliphatic carbocycles. The van der Waals surface area contributed by atoms with Gasteiger partial charge in [-0.3, -0.25) is 4.57 Å². The molecular formula is C6H11Cl3NO5P. The lowest BCUT2D eigenvalue weighted by molar-refractivity contribution is 0.166. The number of ether oxygens (including phenoxy) is 1. The Kier molecular flexibility index (Phi) is 6.40. The van der Waals surface area contributed by atoms with E-state index in [2.05, 4.69) is 19.1 Å². The molecule has 1 amide bonds. The maximum atomic E-state index is 12.0. The summed E-state index contributed by atoms with van der Waals surface area (Å²) in [5.41, 5.74) is 0. The number of hydrogen-bond donors (Lipinski definition) is 1. The van der Waals surface area contributed by atoms with Gasteiger partial charge in [-0.15, -0.1) is 0 Å².